The SMILES string of the molecule is CCN1CCN(C)C(C2CN(CCOC)CCN2C)C1. The Balaban J connectivity index is 1.96. The Kier molecular flexibility index (Phi) is 6.23. The molecule has 2 unspecified atom stereocenters. The Hall–Kier alpha value is -0.200. The average molecular weight is 284 g/mol. The van der Waals surface area contributed by atoms with Crippen molar-refractivity contribution in [2.45, 2.75) is 19.0 Å². The lowest BCUT2D eigenvalue weighted by atomic mass is 9.99. The van der Waals surface area contributed by atoms with E-state index in [4.69, 9.17) is 4.74 Å². The van der Waals surface area contributed by atoms with Crippen molar-refractivity contribution in [3.05, 3.63) is 0 Å². The van der Waals surface area contributed by atoms with Gasteiger partial charge in [-0.2, -0.15) is 0 Å². The zero-order valence-electron chi connectivity index (χ0n) is 13.7. The lowest BCUT2D eigenvalue weighted by Gasteiger charge is -2.49. The summed E-state index contributed by atoms with van der Waals surface area (Å²) < 4.78 is 5.23. The van der Waals surface area contributed by atoms with Gasteiger partial charge in [0.25, 0.3) is 0 Å². The van der Waals surface area contributed by atoms with Gasteiger partial charge in [-0.1, -0.05) is 6.92 Å². The second kappa shape index (κ2) is 7.71. The molecule has 2 aliphatic heterocycles. The molecule has 118 valence electrons. The maximum Gasteiger partial charge on any atom is 0.0589 e. The molecule has 0 aromatic rings. The molecule has 2 heterocycles. The van der Waals surface area contributed by atoms with Gasteiger partial charge in [-0.15, -0.1) is 0 Å². The van der Waals surface area contributed by atoms with Crippen LogP contribution in [0.1, 0.15) is 6.92 Å². The van der Waals surface area contributed by atoms with Crippen LogP contribution in [-0.4, -0.2) is 112 Å². The predicted octanol–water partition coefficient (Wildman–Crippen LogP) is -0.115. The minimum Gasteiger partial charge on any atom is -0.383 e. The molecule has 5 heteroatoms. The van der Waals surface area contributed by atoms with Crippen LogP contribution in [0, 0.1) is 0 Å². The first-order chi connectivity index (χ1) is 9.65. The summed E-state index contributed by atoms with van der Waals surface area (Å²) in [5.41, 5.74) is 0. The zero-order valence-corrected chi connectivity index (χ0v) is 13.7. The number of rotatable bonds is 5. The second-order valence-corrected chi connectivity index (χ2v) is 6.28. The van der Waals surface area contributed by atoms with Gasteiger partial charge in [0.05, 0.1) is 6.61 Å². The average Bonchev–Trinajstić information content (AvgIpc) is 2.47. The van der Waals surface area contributed by atoms with Gasteiger partial charge in [-0.05, 0) is 20.6 Å². The summed E-state index contributed by atoms with van der Waals surface area (Å²) >= 11 is 0. The molecule has 0 radical (unpaired) electrons. The number of piperazine rings is 2. The van der Waals surface area contributed by atoms with E-state index in [1.165, 1.54) is 45.8 Å². The molecular weight excluding hydrogens is 252 g/mol. The Bertz CT molecular complexity index is 287. The van der Waals surface area contributed by atoms with Crippen LogP contribution < -0.4 is 0 Å². The van der Waals surface area contributed by atoms with Gasteiger partial charge in [0.15, 0.2) is 0 Å². The van der Waals surface area contributed by atoms with E-state index in [1.807, 2.05) is 0 Å². The molecule has 20 heavy (non-hydrogen) atoms. The molecule has 2 fully saturated rings. The molecule has 2 aliphatic rings. The van der Waals surface area contributed by atoms with E-state index >= 15 is 0 Å². The maximum atomic E-state index is 5.23. The van der Waals surface area contributed by atoms with Crippen molar-refractivity contribution in [3.63, 3.8) is 0 Å². The summed E-state index contributed by atoms with van der Waals surface area (Å²) in [7, 11) is 6.37. The molecule has 0 aliphatic carbocycles. The van der Waals surface area contributed by atoms with Gasteiger partial charge in [-0.25, -0.2) is 0 Å². The quantitative estimate of drug-likeness (QED) is 0.700. The van der Waals surface area contributed by atoms with E-state index < -0.39 is 0 Å². The normalized spacial score (nSPS) is 31.8. The lowest BCUT2D eigenvalue weighted by Crippen LogP contribution is -2.65. The van der Waals surface area contributed by atoms with Crippen molar-refractivity contribution >= 4 is 0 Å². The first-order valence-corrected chi connectivity index (χ1v) is 7.99. The van der Waals surface area contributed by atoms with Gasteiger partial charge in [0, 0.05) is 65.0 Å². The molecule has 2 atom stereocenters. The fraction of sp³-hybridized carbons (Fsp3) is 1.00. The Morgan fingerprint density at radius 3 is 2.00 bits per heavy atom. The summed E-state index contributed by atoms with van der Waals surface area (Å²) in [5.74, 6) is 0. The van der Waals surface area contributed by atoms with E-state index in [1.54, 1.807) is 7.11 Å². The molecule has 0 amide bonds. The maximum absolute atomic E-state index is 5.23. The first-order valence-electron chi connectivity index (χ1n) is 7.99. The van der Waals surface area contributed by atoms with E-state index in [2.05, 4.69) is 40.6 Å². The third-order valence-electron chi connectivity index (χ3n) is 5.06. The monoisotopic (exact) mass is 284 g/mol. The Labute approximate surface area is 124 Å². The van der Waals surface area contributed by atoms with Crippen molar-refractivity contribution in [1.82, 2.24) is 19.6 Å². The van der Waals surface area contributed by atoms with Crippen LogP contribution in [-0.2, 0) is 4.74 Å². The van der Waals surface area contributed by atoms with Crippen LogP contribution in [0.25, 0.3) is 0 Å². The minimum atomic E-state index is 0.639. The molecule has 0 N–H and O–H groups in total. The highest BCUT2D eigenvalue weighted by atomic mass is 16.5. The minimum absolute atomic E-state index is 0.639. The Morgan fingerprint density at radius 1 is 0.900 bits per heavy atom. The van der Waals surface area contributed by atoms with Crippen LogP contribution in [0.2, 0.25) is 0 Å². The van der Waals surface area contributed by atoms with Gasteiger partial charge >= 0.3 is 0 Å². The summed E-state index contributed by atoms with van der Waals surface area (Å²) in [4.78, 5) is 10.3. The number of hydrogen-bond donors (Lipinski definition) is 0. The van der Waals surface area contributed by atoms with Crippen LogP contribution >= 0.6 is 0 Å². The molecule has 5 nitrogen and oxygen atoms in total. The van der Waals surface area contributed by atoms with E-state index in [0.29, 0.717) is 12.1 Å². The van der Waals surface area contributed by atoms with Crippen molar-refractivity contribution in [3.8, 4) is 0 Å². The summed E-state index contributed by atoms with van der Waals surface area (Å²) in [6, 6.07) is 1.29. The molecule has 0 aromatic heterocycles. The number of methoxy groups -OCH3 is 1. The highest BCUT2D eigenvalue weighted by molar-refractivity contribution is 4.94. The van der Waals surface area contributed by atoms with Crippen LogP contribution in [0.5, 0.6) is 0 Å². The van der Waals surface area contributed by atoms with Gasteiger partial charge in [0.1, 0.15) is 0 Å². The van der Waals surface area contributed by atoms with Crippen molar-refractivity contribution in [2.75, 3.05) is 80.2 Å². The molecule has 2 saturated heterocycles. The Morgan fingerprint density at radius 2 is 1.45 bits per heavy atom. The molecular formula is C15H32N4O. The molecule has 0 spiro atoms. The van der Waals surface area contributed by atoms with Crippen molar-refractivity contribution in [2.24, 2.45) is 0 Å². The molecule has 0 bridgehead atoms. The number of likely N-dealkylation sites (N-methyl/N-ethyl adjacent to an activating group) is 3. The largest absolute Gasteiger partial charge is 0.383 e. The summed E-state index contributed by atoms with van der Waals surface area (Å²) in [5, 5.41) is 0. The smallest absolute Gasteiger partial charge is 0.0589 e. The fourth-order valence-corrected chi connectivity index (χ4v) is 3.46. The number of nitrogens with zero attached hydrogens (tertiary/aromatic N) is 4. The third-order valence-corrected chi connectivity index (χ3v) is 5.06. The topological polar surface area (TPSA) is 22.2 Å². The predicted molar refractivity (Wildman–Crippen MR) is 83.3 cm³/mol. The van der Waals surface area contributed by atoms with Gasteiger partial charge < -0.3 is 9.64 Å². The van der Waals surface area contributed by atoms with E-state index in [9.17, 15) is 0 Å². The fourth-order valence-electron chi connectivity index (χ4n) is 3.46. The number of ether oxygens (including phenoxy) is 1. The second-order valence-electron chi connectivity index (χ2n) is 6.28. The molecule has 0 saturated carbocycles. The standard InChI is InChI=1S/C15H32N4O/c1-5-18-8-6-16(2)14(12-18)15-13-19(10-11-20-4)9-7-17(15)3/h14-15H,5-13H2,1-4H3. The van der Waals surface area contributed by atoms with Crippen molar-refractivity contribution < 1.29 is 4.74 Å². The van der Waals surface area contributed by atoms with E-state index in [-0.39, 0.29) is 0 Å². The lowest BCUT2D eigenvalue weighted by molar-refractivity contribution is -0.00459. The number of hydrogen-bond acceptors (Lipinski definition) is 5. The molecule has 0 aromatic carbocycles. The highest BCUT2D eigenvalue weighted by Gasteiger charge is 2.35. The van der Waals surface area contributed by atoms with Gasteiger partial charge in [-0.3, -0.25) is 14.7 Å². The summed E-state index contributed by atoms with van der Waals surface area (Å²) in [6.07, 6.45) is 0. The zero-order chi connectivity index (χ0) is 14.5. The van der Waals surface area contributed by atoms with Crippen LogP contribution in [0.15, 0.2) is 0 Å². The molecule has 2 rings (SSSR count). The first kappa shape index (κ1) is 16.2. The summed E-state index contributed by atoms with van der Waals surface area (Å²) in [6.45, 7) is 12.5. The van der Waals surface area contributed by atoms with Crippen molar-refractivity contribution in [1.29, 1.82) is 0 Å². The van der Waals surface area contributed by atoms with E-state index in [0.717, 1.165) is 13.2 Å². The van der Waals surface area contributed by atoms with Crippen LogP contribution in [0.3, 0.4) is 0 Å². The third kappa shape index (κ3) is 3.92. The highest BCUT2D eigenvalue weighted by Crippen LogP contribution is 2.18. The van der Waals surface area contributed by atoms with Gasteiger partial charge in [0.2, 0.25) is 0 Å². The van der Waals surface area contributed by atoms with Crippen LogP contribution in [0.4, 0.5) is 0 Å².